The Labute approximate surface area is 65.0 Å². The van der Waals surface area contributed by atoms with Gasteiger partial charge in [-0.15, -0.1) is 0 Å². The van der Waals surface area contributed by atoms with Gasteiger partial charge in [0.15, 0.2) is 0 Å². The number of Topliss-reactive ketones (excluding diaryl/α,β-unsaturated/α-hetero) is 1. The van der Waals surface area contributed by atoms with E-state index < -0.39 is 0 Å². The molecule has 0 aliphatic rings. The van der Waals surface area contributed by atoms with Crippen molar-refractivity contribution < 1.29 is 4.79 Å². The predicted octanol–water partition coefficient (Wildman–Crippen LogP) is 0.134. The molecule has 0 aromatic carbocycles. The number of hydrogen-bond donors (Lipinski definition) is 1. The molecule has 0 amide bonds. The van der Waals surface area contributed by atoms with E-state index in [1.807, 2.05) is 7.05 Å². The molecular weight excluding hydrogens is 142 g/mol. The third-order valence-electron chi connectivity index (χ3n) is 1.51. The molecule has 2 N–H and O–H groups in total. The van der Waals surface area contributed by atoms with Crippen molar-refractivity contribution in [1.29, 1.82) is 0 Å². The fourth-order valence-electron chi connectivity index (χ4n) is 0.925. The van der Waals surface area contributed by atoms with Gasteiger partial charge in [-0.2, -0.15) is 0 Å². The Balaban J connectivity index is 2.92. The lowest BCUT2D eigenvalue weighted by Crippen LogP contribution is -2.04. The average Bonchev–Trinajstić information content (AvgIpc) is 2.18. The number of carbonyl (C=O) groups is 1. The first kappa shape index (κ1) is 7.78. The quantitative estimate of drug-likeness (QED) is 0.657. The van der Waals surface area contributed by atoms with Crippen LogP contribution < -0.4 is 5.73 Å². The first-order valence-electron chi connectivity index (χ1n) is 3.36. The molecule has 1 aromatic rings. The standard InChI is InChI=1S/C7H11N3O/c1-5(11)3-6-7(8)9-4-10(6)2/h4H,3,8H2,1-2H3. The molecule has 0 spiro atoms. The van der Waals surface area contributed by atoms with Gasteiger partial charge in [0.1, 0.15) is 11.6 Å². The highest BCUT2D eigenvalue weighted by Crippen LogP contribution is 2.08. The molecule has 0 bridgehead atoms. The summed E-state index contributed by atoms with van der Waals surface area (Å²) < 4.78 is 1.76. The van der Waals surface area contributed by atoms with Crippen LogP contribution in [-0.4, -0.2) is 15.3 Å². The topological polar surface area (TPSA) is 60.9 Å². The van der Waals surface area contributed by atoms with Gasteiger partial charge in [0.25, 0.3) is 0 Å². The molecule has 60 valence electrons. The zero-order chi connectivity index (χ0) is 8.43. The van der Waals surface area contributed by atoms with Crippen molar-refractivity contribution in [3.8, 4) is 0 Å². The minimum atomic E-state index is 0.0975. The van der Waals surface area contributed by atoms with Crippen LogP contribution in [0.3, 0.4) is 0 Å². The van der Waals surface area contributed by atoms with Gasteiger partial charge in [-0.25, -0.2) is 4.98 Å². The zero-order valence-corrected chi connectivity index (χ0v) is 6.66. The molecule has 0 atom stereocenters. The van der Waals surface area contributed by atoms with Crippen LogP contribution in [0.15, 0.2) is 6.33 Å². The smallest absolute Gasteiger partial charge is 0.145 e. The lowest BCUT2D eigenvalue weighted by atomic mass is 10.2. The van der Waals surface area contributed by atoms with E-state index in [4.69, 9.17) is 5.73 Å². The second-order valence-corrected chi connectivity index (χ2v) is 2.57. The van der Waals surface area contributed by atoms with Crippen molar-refractivity contribution in [3.63, 3.8) is 0 Å². The number of anilines is 1. The lowest BCUT2D eigenvalue weighted by Gasteiger charge is -1.98. The van der Waals surface area contributed by atoms with Crippen LogP contribution >= 0.6 is 0 Å². The summed E-state index contributed by atoms with van der Waals surface area (Å²) in [5.41, 5.74) is 6.29. The normalized spacial score (nSPS) is 10.0. The van der Waals surface area contributed by atoms with E-state index in [0.29, 0.717) is 12.2 Å². The predicted molar refractivity (Wildman–Crippen MR) is 42.0 cm³/mol. The number of nitrogens with zero attached hydrogens (tertiary/aromatic N) is 2. The lowest BCUT2D eigenvalue weighted by molar-refractivity contribution is -0.116. The summed E-state index contributed by atoms with van der Waals surface area (Å²) in [5, 5.41) is 0. The minimum absolute atomic E-state index is 0.0975. The van der Waals surface area contributed by atoms with Crippen molar-refractivity contribution in [2.75, 3.05) is 5.73 Å². The Hall–Kier alpha value is -1.32. The highest BCUT2D eigenvalue weighted by atomic mass is 16.1. The summed E-state index contributed by atoms with van der Waals surface area (Å²) in [4.78, 5) is 14.6. The van der Waals surface area contributed by atoms with Crippen LogP contribution in [0.2, 0.25) is 0 Å². The summed E-state index contributed by atoms with van der Waals surface area (Å²) in [6.45, 7) is 1.53. The largest absolute Gasteiger partial charge is 0.382 e. The molecule has 0 aliphatic carbocycles. The molecular formula is C7H11N3O. The molecule has 1 heterocycles. The maximum atomic E-state index is 10.7. The molecule has 1 aromatic heterocycles. The maximum absolute atomic E-state index is 10.7. The number of imidazole rings is 1. The van der Waals surface area contributed by atoms with E-state index >= 15 is 0 Å². The Morgan fingerprint density at radius 1 is 1.82 bits per heavy atom. The molecule has 0 radical (unpaired) electrons. The van der Waals surface area contributed by atoms with Gasteiger partial charge in [0, 0.05) is 7.05 Å². The molecule has 4 nitrogen and oxygen atoms in total. The SMILES string of the molecule is CC(=O)Cc1c(N)ncn1C. The van der Waals surface area contributed by atoms with E-state index in [1.54, 1.807) is 10.9 Å². The number of aryl methyl sites for hydroxylation is 1. The highest BCUT2D eigenvalue weighted by Gasteiger charge is 2.06. The number of nitrogens with two attached hydrogens (primary N) is 1. The fraction of sp³-hybridized carbons (Fsp3) is 0.429. The molecule has 11 heavy (non-hydrogen) atoms. The summed E-state index contributed by atoms with van der Waals surface area (Å²) >= 11 is 0. The van der Waals surface area contributed by atoms with Gasteiger partial charge in [0.05, 0.1) is 18.4 Å². The van der Waals surface area contributed by atoms with Crippen LogP contribution in [0.4, 0.5) is 5.82 Å². The molecule has 0 fully saturated rings. The Bertz CT molecular complexity index is 258. The summed E-state index contributed by atoms with van der Waals surface area (Å²) in [6, 6.07) is 0. The van der Waals surface area contributed by atoms with Crippen molar-refractivity contribution in [2.24, 2.45) is 7.05 Å². The van der Waals surface area contributed by atoms with E-state index in [-0.39, 0.29) is 5.78 Å². The van der Waals surface area contributed by atoms with Crippen molar-refractivity contribution >= 4 is 11.6 Å². The van der Waals surface area contributed by atoms with Crippen LogP contribution in [-0.2, 0) is 18.3 Å². The Morgan fingerprint density at radius 3 is 2.82 bits per heavy atom. The van der Waals surface area contributed by atoms with Gasteiger partial charge in [0.2, 0.25) is 0 Å². The van der Waals surface area contributed by atoms with Gasteiger partial charge in [-0.05, 0) is 6.92 Å². The van der Waals surface area contributed by atoms with Crippen molar-refractivity contribution in [2.45, 2.75) is 13.3 Å². The number of ketones is 1. The molecule has 0 saturated heterocycles. The summed E-state index contributed by atoms with van der Waals surface area (Å²) in [6.07, 6.45) is 1.97. The first-order valence-corrected chi connectivity index (χ1v) is 3.36. The van der Waals surface area contributed by atoms with Crippen LogP contribution in [0.1, 0.15) is 12.6 Å². The summed E-state index contributed by atoms with van der Waals surface area (Å²) in [5.74, 6) is 0.544. The highest BCUT2D eigenvalue weighted by molar-refractivity contribution is 5.78. The van der Waals surface area contributed by atoms with Crippen LogP contribution in [0.5, 0.6) is 0 Å². The van der Waals surface area contributed by atoms with Gasteiger partial charge in [-0.1, -0.05) is 0 Å². The summed E-state index contributed by atoms with van der Waals surface area (Å²) in [7, 11) is 1.82. The maximum Gasteiger partial charge on any atom is 0.145 e. The number of carbonyl (C=O) groups excluding carboxylic acids is 1. The van der Waals surface area contributed by atoms with Gasteiger partial charge in [-0.3, -0.25) is 4.79 Å². The van der Waals surface area contributed by atoms with E-state index in [9.17, 15) is 4.79 Å². The number of hydrogen-bond acceptors (Lipinski definition) is 3. The molecule has 0 unspecified atom stereocenters. The number of rotatable bonds is 2. The van der Waals surface area contributed by atoms with Crippen LogP contribution in [0.25, 0.3) is 0 Å². The zero-order valence-electron chi connectivity index (χ0n) is 6.66. The fourth-order valence-corrected chi connectivity index (χ4v) is 0.925. The third kappa shape index (κ3) is 1.58. The molecule has 0 aliphatic heterocycles. The Morgan fingerprint density at radius 2 is 2.45 bits per heavy atom. The molecule has 0 saturated carbocycles. The minimum Gasteiger partial charge on any atom is -0.382 e. The van der Waals surface area contributed by atoms with E-state index in [1.165, 1.54) is 6.92 Å². The van der Waals surface area contributed by atoms with Gasteiger partial charge >= 0.3 is 0 Å². The number of nitrogen functional groups attached to an aromatic ring is 1. The second-order valence-electron chi connectivity index (χ2n) is 2.57. The Kier molecular flexibility index (Phi) is 1.94. The van der Waals surface area contributed by atoms with Crippen LogP contribution in [0, 0.1) is 0 Å². The van der Waals surface area contributed by atoms with E-state index in [2.05, 4.69) is 4.98 Å². The van der Waals surface area contributed by atoms with Crippen molar-refractivity contribution in [3.05, 3.63) is 12.0 Å². The second kappa shape index (κ2) is 2.74. The first-order chi connectivity index (χ1) is 5.11. The van der Waals surface area contributed by atoms with Gasteiger partial charge < -0.3 is 10.3 Å². The average molecular weight is 153 g/mol. The monoisotopic (exact) mass is 153 g/mol. The molecule has 1 rings (SSSR count). The van der Waals surface area contributed by atoms with E-state index in [0.717, 1.165) is 5.69 Å². The number of aromatic nitrogens is 2. The molecule has 4 heteroatoms. The third-order valence-corrected chi connectivity index (χ3v) is 1.51. The van der Waals surface area contributed by atoms with Crippen molar-refractivity contribution in [1.82, 2.24) is 9.55 Å².